The molecular weight excluding hydrogens is 122 g/mol. The second-order valence-corrected chi connectivity index (χ2v) is 3.52. The highest BCUT2D eigenvalue weighted by Crippen LogP contribution is 2.39. The zero-order valence-corrected chi connectivity index (χ0v) is 7.14. The van der Waals surface area contributed by atoms with Gasteiger partial charge in [-0.15, -0.1) is 0 Å². The van der Waals surface area contributed by atoms with Crippen LogP contribution in [0.15, 0.2) is 0 Å². The fourth-order valence-corrected chi connectivity index (χ4v) is 1.87. The van der Waals surface area contributed by atoms with Crippen molar-refractivity contribution in [2.45, 2.75) is 45.6 Å². The van der Waals surface area contributed by atoms with Crippen LogP contribution in [0.5, 0.6) is 0 Å². The van der Waals surface area contributed by atoms with Crippen LogP contribution in [0.25, 0.3) is 0 Å². The zero-order valence-electron chi connectivity index (χ0n) is 7.14. The van der Waals surface area contributed by atoms with Crippen molar-refractivity contribution in [3.63, 3.8) is 0 Å². The third kappa shape index (κ3) is 1.72. The summed E-state index contributed by atoms with van der Waals surface area (Å²) in [5, 5.41) is 0. The highest BCUT2D eigenvalue weighted by Gasteiger charge is 2.38. The molecule has 0 aliphatic heterocycles. The molecule has 0 aromatic carbocycles. The SMILES string of the molecule is CCCC(CC)C1CC1N. The van der Waals surface area contributed by atoms with Gasteiger partial charge in [0, 0.05) is 6.04 Å². The van der Waals surface area contributed by atoms with Crippen LogP contribution in [-0.4, -0.2) is 6.04 Å². The van der Waals surface area contributed by atoms with Crippen LogP contribution in [0.1, 0.15) is 39.5 Å². The summed E-state index contributed by atoms with van der Waals surface area (Å²) in [5.74, 6) is 1.81. The number of hydrogen-bond acceptors (Lipinski definition) is 1. The summed E-state index contributed by atoms with van der Waals surface area (Å²) in [6, 6.07) is 0.552. The van der Waals surface area contributed by atoms with Crippen LogP contribution in [0.3, 0.4) is 0 Å². The highest BCUT2D eigenvalue weighted by molar-refractivity contribution is 4.93. The fraction of sp³-hybridized carbons (Fsp3) is 1.00. The molecule has 0 saturated heterocycles. The Balaban J connectivity index is 2.20. The lowest BCUT2D eigenvalue weighted by atomic mass is 9.95. The highest BCUT2D eigenvalue weighted by atomic mass is 14.7. The largest absolute Gasteiger partial charge is 0.327 e. The van der Waals surface area contributed by atoms with E-state index in [-0.39, 0.29) is 0 Å². The first-order chi connectivity index (χ1) is 4.79. The lowest BCUT2D eigenvalue weighted by Gasteiger charge is -2.11. The van der Waals surface area contributed by atoms with E-state index in [4.69, 9.17) is 5.73 Å². The van der Waals surface area contributed by atoms with Gasteiger partial charge in [0.05, 0.1) is 0 Å². The molecule has 3 atom stereocenters. The molecule has 1 heteroatoms. The molecule has 2 N–H and O–H groups in total. The van der Waals surface area contributed by atoms with E-state index in [2.05, 4.69) is 13.8 Å². The minimum atomic E-state index is 0.552. The monoisotopic (exact) mass is 141 g/mol. The molecule has 0 amide bonds. The van der Waals surface area contributed by atoms with Crippen molar-refractivity contribution in [2.24, 2.45) is 17.6 Å². The summed E-state index contributed by atoms with van der Waals surface area (Å²) in [6.45, 7) is 4.54. The van der Waals surface area contributed by atoms with Crippen LogP contribution in [0, 0.1) is 11.8 Å². The molecule has 60 valence electrons. The molecule has 3 unspecified atom stereocenters. The third-order valence-corrected chi connectivity index (χ3v) is 2.68. The Labute approximate surface area is 64.0 Å². The van der Waals surface area contributed by atoms with Gasteiger partial charge in [0.2, 0.25) is 0 Å². The molecule has 10 heavy (non-hydrogen) atoms. The Kier molecular flexibility index (Phi) is 2.72. The van der Waals surface area contributed by atoms with Gasteiger partial charge in [-0.05, 0) is 18.3 Å². The average molecular weight is 141 g/mol. The van der Waals surface area contributed by atoms with E-state index in [9.17, 15) is 0 Å². The summed E-state index contributed by atoms with van der Waals surface area (Å²) in [7, 11) is 0. The van der Waals surface area contributed by atoms with Gasteiger partial charge in [-0.3, -0.25) is 0 Å². The van der Waals surface area contributed by atoms with Gasteiger partial charge in [-0.25, -0.2) is 0 Å². The second kappa shape index (κ2) is 3.38. The van der Waals surface area contributed by atoms with Gasteiger partial charge in [-0.1, -0.05) is 33.1 Å². The molecule has 0 aromatic heterocycles. The molecule has 0 aromatic rings. The first kappa shape index (κ1) is 8.06. The maximum absolute atomic E-state index is 5.77. The van der Waals surface area contributed by atoms with E-state index in [1.54, 1.807) is 0 Å². The standard InChI is InChI=1S/C9H19N/c1-3-5-7(4-2)8-6-9(8)10/h7-9H,3-6,10H2,1-2H3. The normalized spacial score (nSPS) is 33.9. The van der Waals surface area contributed by atoms with Crippen LogP contribution in [0.2, 0.25) is 0 Å². The van der Waals surface area contributed by atoms with Crippen LogP contribution in [0.4, 0.5) is 0 Å². The Morgan fingerprint density at radius 1 is 1.50 bits per heavy atom. The minimum Gasteiger partial charge on any atom is -0.327 e. The van der Waals surface area contributed by atoms with Crippen molar-refractivity contribution >= 4 is 0 Å². The minimum absolute atomic E-state index is 0.552. The number of hydrogen-bond donors (Lipinski definition) is 1. The topological polar surface area (TPSA) is 26.0 Å². The van der Waals surface area contributed by atoms with Crippen molar-refractivity contribution in [3.05, 3.63) is 0 Å². The van der Waals surface area contributed by atoms with Crippen molar-refractivity contribution in [2.75, 3.05) is 0 Å². The summed E-state index contributed by atoms with van der Waals surface area (Å²) >= 11 is 0. The lowest BCUT2D eigenvalue weighted by Crippen LogP contribution is -2.10. The van der Waals surface area contributed by atoms with Crippen molar-refractivity contribution in [1.29, 1.82) is 0 Å². The van der Waals surface area contributed by atoms with E-state index in [1.807, 2.05) is 0 Å². The van der Waals surface area contributed by atoms with Gasteiger partial charge < -0.3 is 5.73 Å². The molecule has 1 aliphatic carbocycles. The van der Waals surface area contributed by atoms with Gasteiger partial charge in [0.15, 0.2) is 0 Å². The van der Waals surface area contributed by atoms with Gasteiger partial charge in [0.1, 0.15) is 0 Å². The average Bonchev–Trinajstić information content (AvgIpc) is 2.62. The molecule has 1 saturated carbocycles. The summed E-state index contributed by atoms with van der Waals surface area (Å²) in [6.07, 6.45) is 5.32. The molecule has 0 spiro atoms. The summed E-state index contributed by atoms with van der Waals surface area (Å²) in [5.41, 5.74) is 5.77. The second-order valence-electron chi connectivity index (χ2n) is 3.52. The molecule has 0 radical (unpaired) electrons. The maximum Gasteiger partial charge on any atom is 0.00737 e. The number of rotatable bonds is 4. The predicted octanol–water partition coefficient (Wildman–Crippen LogP) is 2.16. The number of nitrogens with two attached hydrogens (primary N) is 1. The quantitative estimate of drug-likeness (QED) is 0.638. The third-order valence-electron chi connectivity index (χ3n) is 2.68. The van der Waals surface area contributed by atoms with Crippen LogP contribution in [-0.2, 0) is 0 Å². The Morgan fingerprint density at radius 2 is 2.10 bits per heavy atom. The summed E-state index contributed by atoms with van der Waals surface area (Å²) < 4.78 is 0. The smallest absolute Gasteiger partial charge is 0.00737 e. The van der Waals surface area contributed by atoms with Gasteiger partial charge >= 0.3 is 0 Å². The van der Waals surface area contributed by atoms with E-state index >= 15 is 0 Å². The fourth-order valence-electron chi connectivity index (χ4n) is 1.87. The maximum atomic E-state index is 5.77. The molecule has 1 nitrogen and oxygen atoms in total. The van der Waals surface area contributed by atoms with Crippen molar-refractivity contribution in [1.82, 2.24) is 0 Å². The molecule has 1 fully saturated rings. The Bertz CT molecular complexity index is 101. The molecule has 0 heterocycles. The van der Waals surface area contributed by atoms with E-state index < -0.39 is 0 Å². The lowest BCUT2D eigenvalue weighted by molar-refractivity contribution is 0.403. The van der Waals surface area contributed by atoms with Gasteiger partial charge in [0.25, 0.3) is 0 Å². The van der Waals surface area contributed by atoms with Crippen molar-refractivity contribution < 1.29 is 0 Å². The predicted molar refractivity (Wildman–Crippen MR) is 44.8 cm³/mol. The molecular formula is C9H19N. The molecule has 0 bridgehead atoms. The Hall–Kier alpha value is -0.0400. The van der Waals surface area contributed by atoms with Crippen LogP contribution >= 0.6 is 0 Å². The van der Waals surface area contributed by atoms with Crippen molar-refractivity contribution in [3.8, 4) is 0 Å². The first-order valence-electron chi connectivity index (χ1n) is 4.55. The van der Waals surface area contributed by atoms with E-state index in [0.29, 0.717) is 6.04 Å². The van der Waals surface area contributed by atoms with E-state index in [0.717, 1.165) is 11.8 Å². The zero-order chi connectivity index (χ0) is 7.56. The Morgan fingerprint density at radius 3 is 2.40 bits per heavy atom. The summed E-state index contributed by atoms with van der Waals surface area (Å²) in [4.78, 5) is 0. The van der Waals surface area contributed by atoms with E-state index in [1.165, 1.54) is 25.7 Å². The van der Waals surface area contributed by atoms with Gasteiger partial charge in [-0.2, -0.15) is 0 Å². The molecule has 1 rings (SSSR count). The molecule has 1 aliphatic rings. The first-order valence-corrected chi connectivity index (χ1v) is 4.55. The van der Waals surface area contributed by atoms with Crippen LogP contribution < -0.4 is 5.73 Å².